The van der Waals surface area contributed by atoms with Crippen LogP contribution in [0.15, 0.2) is 109 Å². The number of aliphatic hydroxyl groups is 1. The fourth-order valence-electron chi connectivity index (χ4n) is 8.28. The number of carboxylic acids is 1. The quantitative estimate of drug-likeness (QED) is 0.0162. The minimum absolute atomic E-state index is 0.0157. The number of fused-ring (bicyclic) bond motifs is 1. The third kappa shape index (κ3) is 18.5. The second kappa shape index (κ2) is 30.3. The second-order valence-electron chi connectivity index (χ2n) is 18.8. The van der Waals surface area contributed by atoms with Gasteiger partial charge < -0.3 is 74.7 Å². The van der Waals surface area contributed by atoms with Gasteiger partial charge in [0.15, 0.2) is 0 Å². The first-order valence-corrected chi connectivity index (χ1v) is 26.5. The van der Waals surface area contributed by atoms with Crippen LogP contribution >= 0.6 is 25.3 Å². The van der Waals surface area contributed by atoms with Crippen molar-refractivity contribution in [3.05, 3.63) is 132 Å². The molecule has 418 valence electrons. The van der Waals surface area contributed by atoms with E-state index in [-0.39, 0.29) is 55.9 Å². The van der Waals surface area contributed by atoms with Crippen molar-refractivity contribution >= 4 is 89.2 Å². The Morgan fingerprint density at radius 3 is 1.54 bits per heavy atom. The first kappa shape index (κ1) is 61.2. The number of carbonyl (C=O) groups excluding carboxylic acids is 7. The number of H-pyrrole nitrogens is 1. The maximum atomic E-state index is 14.8. The van der Waals surface area contributed by atoms with E-state index < -0.39 is 102 Å². The molecule has 4 aromatic carbocycles. The van der Waals surface area contributed by atoms with Gasteiger partial charge in [-0.3, -0.25) is 33.6 Å². The number of carbonyl (C=O) groups is 8. The highest BCUT2D eigenvalue weighted by Gasteiger charge is 2.36. The molecule has 24 heteroatoms. The number of unbranched alkanes of at least 4 members (excludes halogenated alkanes) is 1. The van der Waals surface area contributed by atoms with E-state index in [2.05, 4.69) is 67.5 Å². The van der Waals surface area contributed by atoms with Gasteiger partial charge in [-0.05, 0) is 85.3 Å². The number of anilines is 1. The van der Waals surface area contributed by atoms with E-state index in [1.165, 1.54) is 31.2 Å². The number of hydrogen-bond acceptors (Lipinski definition) is 15. The number of carboxylic acid groups (broad SMARTS) is 1. The van der Waals surface area contributed by atoms with Gasteiger partial charge in [-0.25, -0.2) is 4.79 Å². The Kier molecular flexibility index (Phi) is 23.8. The molecular formula is C54H69N11O11S2. The number of aromatic nitrogens is 1. The van der Waals surface area contributed by atoms with Crippen LogP contribution in [-0.4, -0.2) is 140 Å². The summed E-state index contributed by atoms with van der Waals surface area (Å²) in [6, 6.07) is 17.2. The van der Waals surface area contributed by atoms with Crippen LogP contribution in [0.4, 0.5) is 5.69 Å². The van der Waals surface area contributed by atoms with Crippen LogP contribution in [0.3, 0.4) is 0 Å². The van der Waals surface area contributed by atoms with E-state index in [4.69, 9.17) is 17.2 Å². The molecule has 0 aliphatic heterocycles. The van der Waals surface area contributed by atoms with Crippen LogP contribution in [0.2, 0.25) is 0 Å². The number of rotatable bonds is 30. The number of nitrogens with two attached hydrogens (primary N) is 3. The molecule has 7 amide bonds. The van der Waals surface area contributed by atoms with Crippen molar-refractivity contribution in [2.75, 3.05) is 23.8 Å². The standard InChI is InChI=1S/C54H69N11O11S2/c1-30(66)46(53(74)63-43(25-33-16-20-36(67)21-17-33)51(72)64-45(29-78)54(75)76)65-48(69)40(13-7-8-22-55)59-52(73)44(26-34-27-58-39-12-6-5-11-37(34)39)62-50(71)42(24-32-14-18-35(56)19-15-32)61-49(70)41(60-47(68)38(57)28-77)23-31-9-3-2-4-10-31/h2-6,9-12,14-21,27,30,38,40-46,58,66-67,77-78H,7-8,13,22-26,28-29,55-57H2,1H3,(H,59,73)(H,60,68)(H,61,70)(H,62,71)(H,63,74)(H,64,72)(H,65,69)(H,75,76)/t30-,38+,40+,41+,42+,43+,44+,45+,46+/m1/s1. The molecule has 9 atom stereocenters. The van der Waals surface area contributed by atoms with Gasteiger partial charge in [0.2, 0.25) is 41.4 Å². The SMILES string of the molecule is C[C@@H](O)[C@H](NC(=O)[C@H](CCCCN)NC(=O)[C@H](Cc1c[nH]c2ccccc12)NC(=O)[C@H](Cc1ccc(N)cc1)NC(=O)[C@H](Cc1ccccc1)NC(=O)[C@@H](N)CS)C(=O)N[C@@H](Cc1ccc(O)cc1)C(=O)N[C@@H](CS)C(=O)O. The van der Waals surface area contributed by atoms with Gasteiger partial charge in [-0.1, -0.05) is 72.8 Å². The number of nitrogens with one attached hydrogen (secondary N) is 8. The lowest BCUT2D eigenvalue weighted by molar-refractivity contribution is -0.141. The van der Waals surface area contributed by atoms with Gasteiger partial charge in [-0.15, -0.1) is 0 Å². The van der Waals surface area contributed by atoms with Crippen LogP contribution < -0.4 is 54.4 Å². The first-order chi connectivity index (χ1) is 37.3. The summed E-state index contributed by atoms with van der Waals surface area (Å²) in [6.07, 6.45) is 0.289. The molecule has 5 aromatic rings. The molecule has 0 aliphatic rings. The maximum absolute atomic E-state index is 14.8. The van der Waals surface area contributed by atoms with E-state index in [1.54, 1.807) is 66.9 Å². The molecule has 22 nitrogen and oxygen atoms in total. The number of phenols is 1. The summed E-state index contributed by atoms with van der Waals surface area (Å²) in [5, 5.41) is 49.5. The molecule has 5 rings (SSSR count). The van der Waals surface area contributed by atoms with Crippen LogP contribution in [-0.2, 0) is 64.0 Å². The van der Waals surface area contributed by atoms with Crippen molar-refractivity contribution in [1.82, 2.24) is 42.2 Å². The lowest BCUT2D eigenvalue weighted by Gasteiger charge is -2.29. The summed E-state index contributed by atoms with van der Waals surface area (Å²) in [5.74, 6) is -7.74. The topological polar surface area (TPSA) is 375 Å². The van der Waals surface area contributed by atoms with Gasteiger partial charge >= 0.3 is 5.97 Å². The minimum atomic E-state index is -1.75. The average Bonchev–Trinajstić information content (AvgIpc) is 3.85. The van der Waals surface area contributed by atoms with Crippen molar-refractivity contribution in [3.8, 4) is 5.75 Å². The molecule has 1 heterocycles. The third-order valence-electron chi connectivity index (χ3n) is 12.7. The zero-order valence-electron chi connectivity index (χ0n) is 42.9. The smallest absolute Gasteiger partial charge is 0.327 e. The van der Waals surface area contributed by atoms with Crippen molar-refractivity contribution in [3.63, 3.8) is 0 Å². The van der Waals surface area contributed by atoms with Crippen LogP contribution in [0.25, 0.3) is 10.9 Å². The number of nitrogen functional groups attached to an aromatic ring is 1. The molecule has 0 saturated carbocycles. The van der Waals surface area contributed by atoms with Crippen molar-refractivity contribution in [1.29, 1.82) is 0 Å². The lowest BCUT2D eigenvalue weighted by atomic mass is 10.00. The normalized spacial score (nSPS) is 14.6. The van der Waals surface area contributed by atoms with Gasteiger partial charge in [0, 0.05) is 60.0 Å². The highest BCUT2D eigenvalue weighted by molar-refractivity contribution is 7.80. The molecular weight excluding hydrogens is 1040 g/mol. The first-order valence-electron chi connectivity index (χ1n) is 25.2. The number of benzene rings is 4. The van der Waals surface area contributed by atoms with Crippen molar-refractivity contribution in [2.24, 2.45) is 11.5 Å². The number of aliphatic carboxylic acids is 1. The number of thiol groups is 2. The van der Waals surface area contributed by atoms with Gasteiger partial charge in [0.05, 0.1) is 12.1 Å². The largest absolute Gasteiger partial charge is 0.508 e. The molecule has 0 bridgehead atoms. The molecule has 0 unspecified atom stereocenters. The fraction of sp³-hybridized carbons (Fsp3) is 0.370. The Bertz CT molecular complexity index is 2820. The second-order valence-corrected chi connectivity index (χ2v) is 19.5. The van der Waals surface area contributed by atoms with Crippen LogP contribution in [0.1, 0.15) is 48.4 Å². The van der Waals surface area contributed by atoms with Gasteiger partial charge in [0.1, 0.15) is 48.0 Å². The number of para-hydroxylation sites is 1. The van der Waals surface area contributed by atoms with E-state index in [1.807, 2.05) is 18.2 Å². The number of aliphatic hydroxyl groups excluding tert-OH is 1. The molecule has 0 radical (unpaired) electrons. The summed E-state index contributed by atoms with van der Waals surface area (Å²) >= 11 is 8.14. The Morgan fingerprint density at radius 1 is 0.551 bits per heavy atom. The van der Waals surface area contributed by atoms with Crippen molar-refractivity contribution in [2.45, 2.75) is 106 Å². The maximum Gasteiger partial charge on any atom is 0.327 e. The summed E-state index contributed by atoms with van der Waals surface area (Å²) in [4.78, 5) is 114. The molecule has 0 spiro atoms. The molecule has 0 saturated heterocycles. The van der Waals surface area contributed by atoms with E-state index in [9.17, 15) is 53.7 Å². The molecule has 0 aliphatic carbocycles. The summed E-state index contributed by atoms with van der Waals surface area (Å²) in [5.41, 5.74) is 21.3. The number of hydrogen-bond donors (Lipinski definition) is 16. The Labute approximate surface area is 462 Å². The predicted octanol–water partition coefficient (Wildman–Crippen LogP) is -0.0988. The number of phenolic OH excluding ortho intramolecular Hbond substituents is 1. The lowest BCUT2D eigenvalue weighted by Crippen LogP contribution is -2.62. The van der Waals surface area contributed by atoms with Gasteiger partial charge in [0.25, 0.3) is 0 Å². The summed E-state index contributed by atoms with van der Waals surface area (Å²) in [6.45, 7) is 1.43. The molecule has 17 N–H and O–H groups in total. The van der Waals surface area contributed by atoms with Crippen LogP contribution in [0, 0.1) is 0 Å². The highest BCUT2D eigenvalue weighted by Crippen LogP contribution is 2.20. The van der Waals surface area contributed by atoms with Gasteiger partial charge in [-0.2, -0.15) is 25.3 Å². The van der Waals surface area contributed by atoms with E-state index in [0.717, 1.165) is 10.9 Å². The average molecular weight is 1110 g/mol. The third-order valence-corrected chi connectivity index (χ3v) is 13.4. The van der Waals surface area contributed by atoms with Crippen molar-refractivity contribution < 1.29 is 53.7 Å². The summed E-state index contributed by atoms with van der Waals surface area (Å²) in [7, 11) is 0. The Hall–Kier alpha value is -7.64. The minimum Gasteiger partial charge on any atom is -0.508 e. The predicted molar refractivity (Wildman–Crippen MR) is 300 cm³/mol. The Morgan fingerprint density at radius 2 is 1.01 bits per heavy atom. The molecule has 0 fully saturated rings. The highest BCUT2D eigenvalue weighted by atomic mass is 32.1. The summed E-state index contributed by atoms with van der Waals surface area (Å²) < 4.78 is 0. The Balaban J connectivity index is 1.46. The number of amides is 7. The van der Waals surface area contributed by atoms with Crippen LogP contribution in [0.5, 0.6) is 5.75 Å². The number of aromatic hydroxyl groups is 1. The van der Waals surface area contributed by atoms with E-state index >= 15 is 0 Å². The number of aromatic amines is 1. The molecule has 78 heavy (non-hydrogen) atoms. The monoisotopic (exact) mass is 1110 g/mol. The molecule has 1 aromatic heterocycles. The zero-order valence-corrected chi connectivity index (χ0v) is 44.7. The zero-order chi connectivity index (χ0) is 56.9. The fourth-order valence-corrected chi connectivity index (χ4v) is 8.70. The van der Waals surface area contributed by atoms with E-state index in [0.29, 0.717) is 40.8 Å².